The van der Waals surface area contributed by atoms with Crippen molar-refractivity contribution in [3.8, 4) is 0 Å². The Bertz CT molecular complexity index is 9380. The van der Waals surface area contributed by atoms with Crippen molar-refractivity contribution in [3.05, 3.63) is 437 Å². The molecule has 0 saturated heterocycles. The predicted octanol–water partition coefficient (Wildman–Crippen LogP) is 24.2. The molecule has 3 atom stereocenters. The number of nitrogens with zero attached hydrogens (tertiary/aromatic N) is 9. The van der Waals surface area contributed by atoms with Crippen molar-refractivity contribution in [2.75, 3.05) is 0 Å². The van der Waals surface area contributed by atoms with E-state index in [1.807, 2.05) is 18.5 Å². The molecule has 0 radical (unpaired) electrons. The number of pyridine rings is 5. The van der Waals surface area contributed by atoms with Crippen LogP contribution in [-0.4, -0.2) is 87.8 Å². The minimum absolute atomic E-state index is 0.981. The Morgan fingerprint density at radius 2 is 0.555 bits per heavy atom. The standard InChI is InChI=1S/C39H25N2PSe.C38H24N3PSe.C36H23N4PSe/c43-42(28-12-2-1-3-13-28,29-24-23-27-22-21-26-11-4-5-14-30(26)33(27)25-29)37-20-10-16-32-31-15-6-8-18-35(31)41-36-19-9-7-17-34(36)40-39(41)38(32)37;43-42(28-21-20-25-10-1-2-11-26(25)22-28,29-23-27-12-3-5-15-32(27)39-24-29)36-19-9-14-31-30-13-4-7-17-34(30)41-35-18-8-6-16-33(35)40-38(41)37(31)36;42-41(24-20-22-37-23-21-24,40-31-16-6-2-10-25(31)26-11-3-7-17-32(26)40)34-19-9-13-28-27-12-1-5-15-30(27)39-33-18-8-4-14-29(33)38-36(39)35(28)34/h1-25H;1-24H;1-23H. The fourth-order valence-corrected chi connectivity index (χ4v) is 36.5. The normalized spacial score (nSPS) is 13.4. The molecule has 9 nitrogen and oxygen atoms in total. The van der Waals surface area contributed by atoms with Crippen LogP contribution >= 0.6 is 16.7 Å². The first-order chi connectivity index (χ1) is 63.2. The third kappa shape index (κ3) is 11.8. The fourth-order valence-electron chi connectivity index (χ4n) is 20.2. The molecule has 0 aliphatic heterocycles. The summed E-state index contributed by atoms with van der Waals surface area (Å²) in [5.74, 6) is 0. The summed E-state index contributed by atoms with van der Waals surface area (Å²) in [4.78, 5) is 25.3. The first kappa shape index (κ1) is 76.8. The van der Waals surface area contributed by atoms with Crippen LogP contribution in [-0.2, 0) is 0 Å². The Labute approximate surface area is 757 Å². The molecule has 18 aromatic carbocycles. The van der Waals surface area contributed by atoms with E-state index in [1.165, 1.54) is 151 Å². The molecule has 0 fully saturated rings. The number of aromatic nitrogens is 9. The van der Waals surface area contributed by atoms with E-state index in [9.17, 15) is 0 Å². The number of fused-ring (bicyclic) bond motifs is 32. The summed E-state index contributed by atoms with van der Waals surface area (Å²) in [7, 11) is 0. The van der Waals surface area contributed by atoms with Crippen LogP contribution in [0.3, 0.4) is 0 Å². The summed E-state index contributed by atoms with van der Waals surface area (Å²) in [5, 5.41) is 32.3. The molecule has 0 bridgehead atoms. The van der Waals surface area contributed by atoms with Gasteiger partial charge in [-0.1, -0.05) is 0 Å². The predicted molar refractivity (Wildman–Crippen MR) is 551 cm³/mol. The monoisotopic (exact) mass is 1890 g/mol. The Morgan fingerprint density at radius 1 is 0.211 bits per heavy atom. The molecular weight excluding hydrogens is 1810 g/mol. The minimum atomic E-state index is -2.44. The van der Waals surface area contributed by atoms with Gasteiger partial charge in [0, 0.05) is 0 Å². The van der Waals surface area contributed by atoms with Gasteiger partial charge in [-0.15, -0.1) is 0 Å². The Morgan fingerprint density at radius 3 is 1.06 bits per heavy atom. The fraction of sp³-hybridized carbons (Fsp3) is 0. The van der Waals surface area contributed by atoms with Gasteiger partial charge in [0.2, 0.25) is 0 Å². The summed E-state index contributed by atoms with van der Waals surface area (Å²) in [6.07, 6.45) is 5.91. The third-order valence-corrected chi connectivity index (χ3v) is 46.4. The second-order valence-corrected chi connectivity index (χ2v) is 51.0. The van der Waals surface area contributed by atoms with Gasteiger partial charge >= 0.3 is 764 Å². The molecule has 602 valence electrons. The van der Waals surface area contributed by atoms with E-state index in [0.717, 1.165) is 72.0 Å². The van der Waals surface area contributed by atoms with Crippen molar-refractivity contribution < 1.29 is 0 Å². The van der Waals surface area contributed by atoms with Gasteiger partial charge in [0.15, 0.2) is 0 Å². The average molecular weight is 1890 g/mol. The zero-order valence-electron chi connectivity index (χ0n) is 68.7. The second kappa shape index (κ2) is 30.6. The first-order valence-electron chi connectivity index (χ1n) is 42.8. The molecular formula is C113H72N9P3Se3. The molecule has 0 amide bonds. The molecule has 15 heteroatoms. The van der Waals surface area contributed by atoms with Crippen molar-refractivity contribution >= 4 is 285 Å². The molecule has 27 rings (SSSR count). The van der Waals surface area contributed by atoms with Crippen molar-refractivity contribution in [1.29, 1.82) is 0 Å². The van der Waals surface area contributed by atoms with Gasteiger partial charge in [0.1, 0.15) is 0 Å². The van der Waals surface area contributed by atoms with Crippen molar-refractivity contribution in [2.45, 2.75) is 0 Å². The van der Waals surface area contributed by atoms with Crippen molar-refractivity contribution in [2.24, 2.45) is 0 Å². The SMILES string of the molecule is [Se]=P(c1ccc2ccccc2c1)(c1cnc2ccccc2c1)c1cccc2c3ccccc3n3c4ccccc4nc3c12.[Se]=P(c1ccccc1)(c1ccc2ccc3ccccc3c2c1)c1cccc2c3ccccc3n3c4ccccc4nc3c12.[Se]=P(c1ccncc1)(c1cccc2c3ccccc3n3c4ccccc4nc3c12)n1c2ccccc2c2ccccc21. The van der Waals surface area contributed by atoms with Crippen molar-refractivity contribution in [3.63, 3.8) is 0 Å². The van der Waals surface area contributed by atoms with Crippen LogP contribution in [0.5, 0.6) is 0 Å². The molecule has 27 aromatic rings. The van der Waals surface area contributed by atoms with Gasteiger partial charge in [-0.3, -0.25) is 0 Å². The van der Waals surface area contributed by atoms with Crippen LogP contribution in [0, 0.1) is 0 Å². The molecule has 0 aliphatic carbocycles. The van der Waals surface area contributed by atoms with Gasteiger partial charge in [0.05, 0.1) is 0 Å². The Hall–Kier alpha value is -13.6. The molecule has 9 heterocycles. The molecule has 0 aliphatic rings. The molecule has 0 saturated carbocycles. The molecule has 3 unspecified atom stereocenters. The molecule has 0 spiro atoms. The quantitative estimate of drug-likeness (QED) is 0.0817. The Kier molecular flexibility index (Phi) is 18.3. The van der Waals surface area contributed by atoms with Crippen LogP contribution < -0.4 is 42.4 Å². The third-order valence-electron chi connectivity index (χ3n) is 25.9. The van der Waals surface area contributed by atoms with E-state index in [1.54, 1.807) is 0 Å². The topological polar surface area (TPSA) is 82.6 Å². The van der Waals surface area contributed by atoms with Crippen LogP contribution in [0.25, 0.3) is 180 Å². The zero-order chi connectivity index (χ0) is 84.9. The number of benzene rings is 18. The molecule has 0 N–H and O–H groups in total. The average Bonchev–Trinajstić information content (AvgIpc) is 1.50. The van der Waals surface area contributed by atoms with E-state index in [0.29, 0.717) is 0 Å². The number of rotatable bonds is 9. The van der Waals surface area contributed by atoms with E-state index in [-0.39, 0.29) is 0 Å². The summed E-state index contributed by atoms with van der Waals surface area (Å²) >= 11 is 11.6. The molecule has 9 aromatic heterocycles. The molecule has 128 heavy (non-hydrogen) atoms. The van der Waals surface area contributed by atoms with Gasteiger partial charge in [-0.2, -0.15) is 0 Å². The second-order valence-electron chi connectivity index (χ2n) is 32.7. The van der Waals surface area contributed by atoms with Crippen molar-refractivity contribution in [1.82, 2.24) is 42.5 Å². The maximum atomic E-state index is 5.31. The maximum absolute atomic E-state index is 5.31. The number of imidazole rings is 3. The summed E-state index contributed by atoms with van der Waals surface area (Å²) < 4.78 is 9.63. The van der Waals surface area contributed by atoms with Gasteiger partial charge in [0.25, 0.3) is 0 Å². The summed E-state index contributed by atoms with van der Waals surface area (Å²) in [6, 6.07) is 151. The number of hydrogen-bond donors (Lipinski definition) is 0. The van der Waals surface area contributed by atoms with E-state index >= 15 is 0 Å². The Balaban J connectivity index is 0.000000104. The van der Waals surface area contributed by atoms with E-state index in [2.05, 4.69) is 487 Å². The summed E-state index contributed by atoms with van der Waals surface area (Å²) in [5.41, 5.74) is 9.23. The van der Waals surface area contributed by atoms with E-state index < -0.39 is 16.7 Å². The van der Waals surface area contributed by atoms with Crippen LogP contribution in [0.15, 0.2) is 437 Å². The zero-order valence-corrected chi connectivity index (χ0v) is 76.5. The van der Waals surface area contributed by atoms with Gasteiger partial charge in [-0.25, -0.2) is 0 Å². The summed E-state index contributed by atoms with van der Waals surface area (Å²) in [6.45, 7) is 0. The van der Waals surface area contributed by atoms with Crippen LogP contribution in [0.2, 0.25) is 0 Å². The van der Waals surface area contributed by atoms with Crippen LogP contribution in [0.1, 0.15) is 0 Å². The number of para-hydroxylation sites is 12. The van der Waals surface area contributed by atoms with E-state index in [4.69, 9.17) is 19.9 Å². The van der Waals surface area contributed by atoms with Gasteiger partial charge < -0.3 is 0 Å². The van der Waals surface area contributed by atoms with Crippen LogP contribution in [0.4, 0.5) is 0 Å². The first-order valence-corrected chi connectivity index (χ1v) is 54.8. The number of hydrogen-bond acceptors (Lipinski definition) is 5. The van der Waals surface area contributed by atoms with Gasteiger partial charge in [-0.05, 0) is 0 Å².